The van der Waals surface area contributed by atoms with Gasteiger partial charge in [-0.1, -0.05) is 30.3 Å². The maximum absolute atomic E-state index is 13.2. The van der Waals surface area contributed by atoms with Crippen LogP contribution in [0, 0.1) is 5.82 Å². The SMILES string of the molecule is O=C(O)c1cc(NCCCc2ccccc2)ccc1F. The lowest BCUT2D eigenvalue weighted by Gasteiger charge is -2.08. The fourth-order valence-corrected chi connectivity index (χ4v) is 1.97. The largest absolute Gasteiger partial charge is 0.478 e. The quantitative estimate of drug-likeness (QED) is 0.791. The Kier molecular flexibility index (Phi) is 4.71. The van der Waals surface area contributed by atoms with Crippen LogP contribution < -0.4 is 5.32 Å². The molecule has 0 aliphatic rings. The molecule has 0 aromatic heterocycles. The summed E-state index contributed by atoms with van der Waals surface area (Å²) in [6.07, 6.45) is 1.87. The van der Waals surface area contributed by atoms with Gasteiger partial charge in [0.15, 0.2) is 0 Å². The van der Waals surface area contributed by atoms with Crippen LogP contribution in [0.25, 0.3) is 0 Å². The van der Waals surface area contributed by atoms with E-state index in [0.29, 0.717) is 12.2 Å². The van der Waals surface area contributed by atoms with E-state index in [1.165, 1.54) is 17.7 Å². The van der Waals surface area contributed by atoms with E-state index in [2.05, 4.69) is 17.4 Å². The van der Waals surface area contributed by atoms with E-state index in [4.69, 9.17) is 5.11 Å². The van der Waals surface area contributed by atoms with Gasteiger partial charge < -0.3 is 10.4 Å². The molecular formula is C16H16FNO2. The summed E-state index contributed by atoms with van der Waals surface area (Å²) in [5, 5.41) is 11.9. The second-order valence-electron chi connectivity index (χ2n) is 4.52. The van der Waals surface area contributed by atoms with Crippen LogP contribution in [-0.4, -0.2) is 17.6 Å². The van der Waals surface area contributed by atoms with E-state index in [0.717, 1.165) is 12.8 Å². The number of nitrogens with one attached hydrogen (secondary N) is 1. The molecule has 20 heavy (non-hydrogen) atoms. The lowest BCUT2D eigenvalue weighted by atomic mass is 10.1. The Balaban J connectivity index is 1.85. The summed E-state index contributed by atoms with van der Waals surface area (Å²) in [7, 11) is 0. The lowest BCUT2D eigenvalue weighted by molar-refractivity contribution is 0.0692. The number of hydrogen-bond donors (Lipinski definition) is 2. The first-order valence-electron chi connectivity index (χ1n) is 6.47. The van der Waals surface area contributed by atoms with Crippen molar-refractivity contribution < 1.29 is 14.3 Å². The second kappa shape index (κ2) is 6.70. The number of halogens is 1. The van der Waals surface area contributed by atoms with Crippen LogP contribution in [0.3, 0.4) is 0 Å². The van der Waals surface area contributed by atoms with E-state index in [9.17, 15) is 9.18 Å². The van der Waals surface area contributed by atoms with Gasteiger partial charge in [-0.25, -0.2) is 9.18 Å². The minimum absolute atomic E-state index is 0.307. The van der Waals surface area contributed by atoms with E-state index < -0.39 is 11.8 Å². The number of anilines is 1. The molecule has 0 fully saturated rings. The summed E-state index contributed by atoms with van der Waals surface area (Å²) in [6, 6.07) is 14.2. The third-order valence-electron chi connectivity index (χ3n) is 3.01. The predicted molar refractivity (Wildman–Crippen MR) is 76.6 cm³/mol. The van der Waals surface area contributed by atoms with Crippen molar-refractivity contribution in [1.29, 1.82) is 0 Å². The molecule has 3 nitrogen and oxygen atoms in total. The first-order chi connectivity index (χ1) is 9.66. The Morgan fingerprint density at radius 1 is 1.15 bits per heavy atom. The van der Waals surface area contributed by atoms with Gasteiger partial charge in [0.25, 0.3) is 0 Å². The molecule has 0 radical (unpaired) electrons. The normalized spacial score (nSPS) is 10.2. The van der Waals surface area contributed by atoms with Gasteiger partial charge in [0.05, 0.1) is 5.56 Å². The fourth-order valence-electron chi connectivity index (χ4n) is 1.97. The monoisotopic (exact) mass is 273 g/mol. The summed E-state index contributed by atoms with van der Waals surface area (Å²) < 4.78 is 13.2. The number of benzene rings is 2. The van der Waals surface area contributed by atoms with Crippen LogP contribution in [0.2, 0.25) is 0 Å². The summed E-state index contributed by atoms with van der Waals surface area (Å²) in [5.41, 5.74) is 1.58. The van der Waals surface area contributed by atoms with Gasteiger partial charge >= 0.3 is 5.97 Å². The Bertz CT molecular complexity index is 584. The van der Waals surface area contributed by atoms with Gasteiger partial charge in [0.2, 0.25) is 0 Å². The van der Waals surface area contributed by atoms with Crippen molar-refractivity contribution >= 4 is 11.7 Å². The summed E-state index contributed by atoms with van der Waals surface area (Å²) >= 11 is 0. The smallest absolute Gasteiger partial charge is 0.338 e. The van der Waals surface area contributed by atoms with Crippen molar-refractivity contribution in [2.75, 3.05) is 11.9 Å². The Morgan fingerprint density at radius 2 is 1.90 bits per heavy atom. The van der Waals surface area contributed by atoms with Crippen molar-refractivity contribution in [1.82, 2.24) is 0 Å². The molecule has 0 bridgehead atoms. The molecule has 0 heterocycles. The van der Waals surface area contributed by atoms with Gasteiger partial charge in [-0.05, 0) is 36.6 Å². The zero-order chi connectivity index (χ0) is 14.4. The zero-order valence-corrected chi connectivity index (χ0v) is 11.0. The average Bonchev–Trinajstić information content (AvgIpc) is 2.46. The molecular weight excluding hydrogens is 257 g/mol. The standard InChI is InChI=1S/C16H16FNO2/c17-15-9-8-13(11-14(15)16(19)20)18-10-4-7-12-5-2-1-3-6-12/h1-3,5-6,8-9,11,18H,4,7,10H2,(H,19,20). The van der Waals surface area contributed by atoms with E-state index in [1.54, 1.807) is 6.07 Å². The second-order valence-corrected chi connectivity index (χ2v) is 4.52. The molecule has 4 heteroatoms. The number of hydrogen-bond acceptors (Lipinski definition) is 2. The van der Waals surface area contributed by atoms with Crippen molar-refractivity contribution in [3.63, 3.8) is 0 Å². The highest BCUT2D eigenvalue weighted by atomic mass is 19.1. The number of carboxylic acids is 1. The molecule has 0 unspecified atom stereocenters. The van der Waals surface area contributed by atoms with Gasteiger partial charge in [-0.3, -0.25) is 0 Å². The van der Waals surface area contributed by atoms with Crippen LogP contribution in [-0.2, 0) is 6.42 Å². The van der Waals surface area contributed by atoms with Crippen molar-refractivity contribution in [2.45, 2.75) is 12.8 Å². The first-order valence-corrected chi connectivity index (χ1v) is 6.47. The topological polar surface area (TPSA) is 49.3 Å². The number of carboxylic acid groups (broad SMARTS) is 1. The van der Waals surface area contributed by atoms with Crippen molar-refractivity contribution in [3.05, 3.63) is 65.5 Å². The molecule has 2 N–H and O–H groups in total. The predicted octanol–water partition coefficient (Wildman–Crippen LogP) is 3.57. The van der Waals surface area contributed by atoms with Crippen LogP contribution >= 0.6 is 0 Å². The summed E-state index contributed by atoms with van der Waals surface area (Å²) in [5.74, 6) is -1.97. The van der Waals surface area contributed by atoms with Crippen LogP contribution in [0.15, 0.2) is 48.5 Å². The first kappa shape index (κ1) is 14.1. The molecule has 2 rings (SSSR count). The van der Waals surface area contributed by atoms with E-state index in [-0.39, 0.29) is 5.56 Å². The zero-order valence-electron chi connectivity index (χ0n) is 11.0. The molecule has 0 saturated heterocycles. The molecule has 0 saturated carbocycles. The molecule has 0 aliphatic heterocycles. The maximum atomic E-state index is 13.2. The fraction of sp³-hybridized carbons (Fsp3) is 0.188. The molecule has 0 amide bonds. The number of carbonyl (C=O) groups is 1. The molecule has 104 valence electrons. The lowest BCUT2D eigenvalue weighted by Crippen LogP contribution is -2.06. The third kappa shape index (κ3) is 3.82. The van der Waals surface area contributed by atoms with Crippen molar-refractivity contribution in [3.8, 4) is 0 Å². The maximum Gasteiger partial charge on any atom is 0.338 e. The summed E-state index contributed by atoms with van der Waals surface area (Å²) in [6.45, 7) is 0.708. The molecule has 2 aromatic rings. The third-order valence-corrected chi connectivity index (χ3v) is 3.01. The highest BCUT2D eigenvalue weighted by molar-refractivity contribution is 5.89. The van der Waals surface area contributed by atoms with Crippen LogP contribution in [0.4, 0.5) is 10.1 Å². The molecule has 2 aromatic carbocycles. The number of aryl methyl sites for hydroxylation is 1. The average molecular weight is 273 g/mol. The van der Waals surface area contributed by atoms with E-state index >= 15 is 0 Å². The van der Waals surface area contributed by atoms with Gasteiger partial charge in [-0.2, -0.15) is 0 Å². The summed E-state index contributed by atoms with van der Waals surface area (Å²) in [4.78, 5) is 10.8. The van der Waals surface area contributed by atoms with E-state index in [1.807, 2.05) is 18.2 Å². The molecule has 0 atom stereocenters. The minimum atomic E-state index is -1.25. The minimum Gasteiger partial charge on any atom is -0.478 e. The Morgan fingerprint density at radius 3 is 2.60 bits per heavy atom. The molecule has 0 spiro atoms. The van der Waals surface area contributed by atoms with Crippen LogP contribution in [0.5, 0.6) is 0 Å². The highest BCUT2D eigenvalue weighted by Crippen LogP contribution is 2.15. The number of rotatable bonds is 6. The van der Waals surface area contributed by atoms with Gasteiger partial charge in [0.1, 0.15) is 5.82 Å². The Labute approximate surface area is 117 Å². The van der Waals surface area contributed by atoms with Gasteiger partial charge in [0, 0.05) is 12.2 Å². The Hall–Kier alpha value is -2.36. The molecule has 0 aliphatic carbocycles. The van der Waals surface area contributed by atoms with Crippen LogP contribution in [0.1, 0.15) is 22.3 Å². The van der Waals surface area contributed by atoms with Crippen molar-refractivity contribution in [2.24, 2.45) is 0 Å². The highest BCUT2D eigenvalue weighted by Gasteiger charge is 2.10. The van der Waals surface area contributed by atoms with Gasteiger partial charge in [-0.15, -0.1) is 0 Å². The number of aromatic carboxylic acids is 1.